The largest absolute Gasteiger partial charge is 0.357 e. The second kappa shape index (κ2) is 12.8. The number of amides is 2. The molecule has 2 rings (SSSR count). The number of carbonyl (C=O) groups excluding carboxylic acids is 2. The first-order chi connectivity index (χ1) is 14.1. The van der Waals surface area contributed by atoms with E-state index in [1.165, 1.54) is 0 Å². The Labute approximate surface area is 174 Å². The third kappa shape index (κ3) is 8.13. The van der Waals surface area contributed by atoms with E-state index in [4.69, 9.17) is 0 Å². The summed E-state index contributed by atoms with van der Waals surface area (Å²) in [6.07, 6.45) is 4.88. The van der Waals surface area contributed by atoms with Gasteiger partial charge in [-0.3, -0.25) is 9.59 Å². The van der Waals surface area contributed by atoms with Gasteiger partial charge >= 0.3 is 0 Å². The highest BCUT2D eigenvalue weighted by molar-refractivity contribution is 5.94. The van der Waals surface area contributed by atoms with E-state index in [2.05, 4.69) is 20.9 Å². The van der Waals surface area contributed by atoms with E-state index in [0.717, 1.165) is 63.4 Å². The molecule has 29 heavy (non-hydrogen) atoms. The quantitative estimate of drug-likeness (QED) is 0.337. The van der Waals surface area contributed by atoms with Crippen molar-refractivity contribution in [3.63, 3.8) is 0 Å². The number of nitrogens with zero attached hydrogens (tertiary/aromatic N) is 2. The lowest BCUT2D eigenvalue weighted by Crippen LogP contribution is -2.39. The molecule has 0 radical (unpaired) electrons. The number of benzene rings is 1. The van der Waals surface area contributed by atoms with Crippen molar-refractivity contribution in [2.24, 2.45) is 4.99 Å². The number of hydrogen-bond donors (Lipinski definition) is 3. The number of carbonyl (C=O) groups is 2. The predicted molar refractivity (Wildman–Crippen MR) is 117 cm³/mol. The maximum Gasteiger partial charge on any atom is 0.251 e. The molecular weight excluding hydrogens is 366 g/mol. The van der Waals surface area contributed by atoms with Gasteiger partial charge in [-0.1, -0.05) is 18.6 Å². The van der Waals surface area contributed by atoms with Crippen LogP contribution >= 0.6 is 0 Å². The first kappa shape index (κ1) is 22.7. The third-order valence-electron chi connectivity index (χ3n) is 4.89. The third-order valence-corrected chi connectivity index (χ3v) is 4.89. The van der Waals surface area contributed by atoms with Crippen molar-refractivity contribution in [3.8, 4) is 0 Å². The summed E-state index contributed by atoms with van der Waals surface area (Å²) >= 11 is 0. The molecule has 160 valence electrons. The molecule has 1 aliphatic rings. The lowest BCUT2D eigenvalue weighted by Gasteiger charge is -2.20. The zero-order chi connectivity index (χ0) is 20.9. The van der Waals surface area contributed by atoms with Gasteiger partial charge in [0.15, 0.2) is 5.96 Å². The van der Waals surface area contributed by atoms with Crippen molar-refractivity contribution in [1.29, 1.82) is 0 Å². The van der Waals surface area contributed by atoms with Gasteiger partial charge in [0.25, 0.3) is 5.91 Å². The zero-order valence-corrected chi connectivity index (χ0v) is 17.8. The molecule has 7 nitrogen and oxygen atoms in total. The van der Waals surface area contributed by atoms with Crippen molar-refractivity contribution in [2.45, 2.75) is 52.5 Å². The van der Waals surface area contributed by atoms with Crippen LogP contribution in [-0.4, -0.2) is 55.4 Å². The number of nitrogens with one attached hydrogen (secondary N) is 3. The van der Waals surface area contributed by atoms with Crippen LogP contribution in [0.3, 0.4) is 0 Å². The maximum atomic E-state index is 12.1. The molecule has 1 aromatic rings. The van der Waals surface area contributed by atoms with Crippen LogP contribution in [0.1, 0.15) is 61.9 Å². The van der Waals surface area contributed by atoms with E-state index >= 15 is 0 Å². The van der Waals surface area contributed by atoms with E-state index in [1.807, 2.05) is 43.0 Å². The normalized spacial score (nSPS) is 15.0. The topological polar surface area (TPSA) is 85.8 Å². The van der Waals surface area contributed by atoms with E-state index in [-0.39, 0.29) is 5.91 Å². The maximum absolute atomic E-state index is 12.1. The minimum absolute atomic E-state index is 0.0551. The molecule has 0 atom stereocenters. The summed E-state index contributed by atoms with van der Waals surface area (Å²) in [6.45, 7) is 8.34. The standard InChI is InChI=1S/C22H35N5O2/c1-3-23-21(29)19-12-10-18(11-13-19)17-26-22(24-4-2)25-14-8-16-27-15-7-5-6-9-20(27)28/h10-13H,3-9,14-17H2,1-2H3,(H,23,29)(H2,24,25,26). The Morgan fingerprint density at radius 1 is 1.03 bits per heavy atom. The lowest BCUT2D eigenvalue weighted by molar-refractivity contribution is -0.130. The molecule has 0 saturated carbocycles. The first-order valence-electron chi connectivity index (χ1n) is 10.8. The van der Waals surface area contributed by atoms with Gasteiger partial charge in [-0.25, -0.2) is 4.99 Å². The van der Waals surface area contributed by atoms with Crippen LogP contribution < -0.4 is 16.0 Å². The Balaban J connectivity index is 1.79. The molecule has 1 saturated heterocycles. The second-order valence-corrected chi connectivity index (χ2v) is 7.22. The summed E-state index contributed by atoms with van der Waals surface area (Å²) < 4.78 is 0. The van der Waals surface area contributed by atoms with Gasteiger partial charge in [-0.05, 0) is 50.8 Å². The Bertz CT molecular complexity index is 672. The van der Waals surface area contributed by atoms with E-state index in [0.29, 0.717) is 31.0 Å². The first-order valence-corrected chi connectivity index (χ1v) is 10.8. The highest BCUT2D eigenvalue weighted by Gasteiger charge is 2.15. The van der Waals surface area contributed by atoms with Gasteiger partial charge < -0.3 is 20.9 Å². The molecule has 3 N–H and O–H groups in total. The Hall–Kier alpha value is -2.57. The van der Waals surface area contributed by atoms with E-state index < -0.39 is 0 Å². The number of aliphatic imine (C=N–C) groups is 1. The summed E-state index contributed by atoms with van der Waals surface area (Å²) in [5.41, 5.74) is 1.71. The van der Waals surface area contributed by atoms with Crippen LogP contribution in [0.15, 0.2) is 29.3 Å². The number of guanidine groups is 1. The van der Waals surface area contributed by atoms with Gasteiger partial charge in [-0.15, -0.1) is 0 Å². The number of likely N-dealkylation sites (tertiary alicyclic amines) is 1. The number of rotatable bonds is 9. The average Bonchev–Trinajstić information content (AvgIpc) is 2.94. The zero-order valence-electron chi connectivity index (χ0n) is 17.8. The van der Waals surface area contributed by atoms with Crippen LogP contribution in [0.25, 0.3) is 0 Å². The fraction of sp³-hybridized carbons (Fsp3) is 0.591. The van der Waals surface area contributed by atoms with Gasteiger partial charge in [0.1, 0.15) is 0 Å². The highest BCUT2D eigenvalue weighted by Crippen LogP contribution is 2.11. The molecule has 0 spiro atoms. The smallest absolute Gasteiger partial charge is 0.251 e. The minimum atomic E-state index is -0.0551. The van der Waals surface area contributed by atoms with Crippen molar-refractivity contribution in [2.75, 3.05) is 32.7 Å². The SMILES string of the molecule is CCNC(=O)c1ccc(CN=C(NCC)NCCCN2CCCCCC2=O)cc1. The van der Waals surface area contributed by atoms with Crippen LogP contribution in [0.2, 0.25) is 0 Å². The summed E-state index contributed by atoms with van der Waals surface area (Å²) in [5.74, 6) is 1.00. The molecule has 1 aromatic carbocycles. The Morgan fingerprint density at radius 3 is 2.52 bits per heavy atom. The Kier molecular flexibility index (Phi) is 10.0. The summed E-state index contributed by atoms with van der Waals surface area (Å²) in [6, 6.07) is 7.52. The summed E-state index contributed by atoms with van der Waals surface area (Å²) in [4.78, 5) is 30.5. The van der Waals surface area contributed by atoms with Crippen LogP contribution in [0, 0.1) is 0 Å². The van der Waals surface area contributed by atoms with Gasteiger partial charge in [0.2, 0.25) is 5.91 Å². The second-order valence-electron chi connectivity index (χ2n) is 7.22. The molecule has 7 heteroatoms. The molecule has 2 amide bonds. The van der Waals surface area contributed by atoms with E-state index in [1.54, 1.807) is 0 Å². The molecule has 1 aliphatic heterocycles. The molecular formula is C22H35N5O2. The van der Waals surface area contributed by atoms with Crippen LogP contribution in [-0.2, 0) is 11.3 Å². The van der Waals surface area contributed by atoms with Crippen LogP contribution in [0.4, 0.5) is 0 Å². The van der Waals surface area contributed by atoms with E-state index in [9.17, 15) is 9.59 Å². The van der Waals surface area contributed by atoms with Gasteiger partial charge in [0.05, 0.1) is 6.54 Å². The Morgan fingerprint density at radius 2 is 1.79 bits per heavy atom. The van der Waals surface area contributed by atoms with Gasteiger partial charge in [-0.2, -0.15) is 0 Å². The summed E-state index contributed by atoms with van der Waals surface area (Å²) in [7, 11) is 0. The molecule has 1 heterocycles. The highest BCUT2D eigenvalue weighted by atomic mass is 16.2. The fourth-order valence-electron chi connectivity index (χ4n) is 3.29. The summed E-state index contributed by atoms with van der Waals surface area (Å²) in [5, 5.41) is 9.39. The average molecular weight is 402 g/mol. The van der Waals surface area contributed by atoms with Crippen molar-refractivity contribution in [3.05, 3.63) is 35.4 Å². The minimum Gasteiger partial charge on any atom is -0.357 e. The molecule has 0 aliphatic carbocycles. The van der Waals surface area contributed by atoms with Crippen molar-refractivity contribution < 1.29 is 9.59 Å². The molecule has 0 bridgehead atoms. The van der Waals surface area contributed by atoms with Crippen molar-refractivity contribution >= 4 is 17.8 Å². The van der Waals surface area contributed by atoms with Gasteiger partial charge in [0, 0.05) is 44.7 Å². The lowest BCUT2D eigenvalue weighted by atomic mass is 10.1. The predicted octanol–water partition coefficient (Wildman–Crippen LogP) is 2.28. The molecule has 0 unspecified atom stereocenters. The molecule has 0 aromatic heterocycles. The number of hydrogen-bond acceptors (Lipinski definition) is 3. The molecule has 1 fully saturated rings. The van der Waals surface area contributed by atoms with Crippen molar-refractivity contribution in [1.82, 2.24) is 20.9 Å². The van der Waals surface area contributed by atoms with Crippen LogP contribution in [0.5, 0.6) is 0 Å². The monoisotopic (exact) mass is 401 g/mol. The fourth-order valence-corrected chi connectivity index (χ4v) is 3.29.